The minimum atomic E-state index is -0.512. The standard InChI is InChI=1S/C11H10ClFN4OS/c1-6-9(12)10(16-17(6)2)11(18)15-14-5-7-3-4-8(13)19-7/h3-5H,1-2H3,(H,15,18). The Morgan fingerprint density at radius 1 is 1.63 bits per heavy atom. The molecule has 2 heterocycles. The van der Waals surface area contributed by atoms with Gasteiger partial charge in [-0.3, -0.25) is 9.48 Å². The highest BCUT2D eigenvalue weighted by molar-refractivity contribution is 7.12. The summed E-state index contributed by atoms with van der Waals surface area (Å²) in [5, 5.41) is 7.68. The quantitative estimate of drug-likeness (QED) is 0.699. The largest absolute Gasteiger partial charge is 0.293 e. The number of nitrogens with one attached hydrogen (secondary N) is 1. The number of thiophene rings is 1. The number of carbonyl (C=O) groups excluding carboxylic acids is 1. The number of hydrazone groups is 1. The van der Waals surface area contributed by atoms with Gasteiger partial charge in [0.15, 0.2) is 10.8 Å². The van der Waals surface area contributed by atoms with Crippen LogP contribution in [0.25, 0.3) is 0 Å². The monoisotopic (exact) mass is 300 g/mol. The van der Waals surface area contributed by atoms with Gasteiger partial charge in [0, 0.05) is 7.05 Å². The molecule has 0 saturated carbocycles. The second-order valence-corrected chi connectivity index (χ2v) is 5.16. The lowest BCUT2D eigenvalue weighted by atomic mass is 10.3. The van der Waals surface area contributed by atoms with Gasteiger partial charge in [0.05, 0.1) is 21.8 Å². The van der Waals surface area contributed by atoms with Crippen molar-refractivity contribution in [2.24, 2.45) is 12.1 Å². The van der Waals surface area contributed by atoms with Crippen molar-refractivity contribution in [1.29, 1.82) is 0 Å². The number of hydrogen-bond acceptors (Lipinski definition) is 4. The highest BCUT2D eigenvalue weighted by atomic mass is 35.5. The summed E-state index contributed by atoms with van der Waals surface area (Å²) in [6, 6.07) is 2.89. The number of hydrogen-bond donors (Lipinski definition) is 1. The number of carbonyl (C=O) groups is 1. The highest BCUT2D eigenvalue weighted by Gasteiger charge is 2.17. The van der Waals surface area contributed by atoms with Gasteiger partial charge in [0.2, 0.25) is 0 Å². The van der Waals surface area contributed by atoms with Crippen molar-refractivity contribution < 1.29 is 9.18 Å². The molecule has 0 atom stereocenters. The van der Waals surface area contributed by atoms with Crippen LogP contribution in [0.15, 0.2) is 17.2 Å². The molecule has 0 aromatic carbocycles. The van der Waals surface area contributed by atoms with Crippen LogP contribution in [0.4, 0.5) is 4.39 Å². The number of aryl methyl sites for hydroxylation is 1. The maximum absolute atomic E-state index is 12.7. The van der Waals surface area contributed by atoms with E-state index >= 15 is 0 Å². The summed E-state index contributed by atoms with van der Waals surface area (Å²) in [4.78, 5) is 12.4. The van der Waals surface area contributed by atoms with Gasteiger partial charge in [-0.2, -0.15) is 14.6 Å². The average molecular weight is 301 g/mol. The first kappa shape index (κ1) is 13.7. The van der Waals surface area contributed by atoms with E-state index in [1.165, 1.54) is 17.0 Å². The summed E-state index contributed by atoms with van der Waals surface area (Å²) in [5.41, 5.74) is 3.09. The smallest absolute Gasteiger partial charge is 0.271 e. The van der Waals surface area contributed by atoms with Crippen molar-refractivity contribution in [3.8, 4) is 0 Å². The van der Waals surface area contributed by atoms with Gasteiger partial charge in [-0.1, -0.05) is 11.6 Å². The van der Waals surface area contributed by atoms with E-state index in [1.807, 2.05) is 0 Å². The van der Waals surface area contributed by atoms with Gasteiger partial charge < -0.3 is 0 Å². The first-order chi connectivity index (χ1) is 8.99. The van der Waals surface area contributed by atoms with Crippen LogP contribution in [0.2, 0.25) is 5.02 Å². The fraction of sp³-hybridized carbons (Fsp3) is 0.182. The van der Waals surface area contributed by atoms with Crippen molar-refractivity contribution in [1.82, 2.24) is 15.2 Å². The van der Waals surface area contributed by atoms with Crippen molar-refractivity contribution >= 4 is 35.1 Å². The molecule has 0 aliphatic heterocycles. The van der Waals surface area contributed by atoms with Crippen LogP contribution in [0.1, 0.15) is 21.1 Å². The number of halogens is 2. The summed E-state index contributed by atoms with van der Waals surface area (Å²) < 4.78 is 14.2. The van der Waals surface area contributed by atoms with Gasteiger partial charge in [0.25, 0.3) is 5.91 Å². The summed E-state index contributed by atoms with van der Waals surface area (Å²) in [5.74, 6) is -0.512. The molecule has 5 nitrogen and oxygen atoms in total. The Morgan fingerprint density at radius 2 is 2.37 bits per heavy atom. The third-order valence-corrected chi connectivity index (χ3v) is 3.69. The van der Waals surface area contributed by atoms with Gasteiger partial charge in [-0.15, -0.1) is 11.3 Å². The Bertz CT molecular complexity index is 649. The molecule has 8 heteroatoms. The predicted octanol–water partition coefficient (Wildman–Crippen LogP) is 2.35. The minimum Gasteiger partial charge on any atom is -0.271 e. The minimum absolute atomic E-state index is 0.108. The molecule has 100 valence electrons. The molecular weight excluding hydrogens is 291 g/mol. The second-order valence-electron chi connectivity index (χ2n) is 3.71. The molecule has 2 aromatic heterocycles. The molecule has 1 N–H and O–H groups in total. The Balaban J connectivity index is 2.05. The SMILES string of the molecule is Cc1c(Cl)c(C(=O)NN=Cc2ccc(F)s2)nn1C. The Labute approximate surface area is 117 Å². The Kier molecular flexibility index (Phi) is 3.96. The lowest BCUT2D eigenvalue weighted by molar-refractivity contribution is 0.0949. The molecule has 0 aliphatic carbocycles. The zero-order valence-electron chi connectivity index (χ0n) is 10.1. The maximum atomic E-state index is 12.7. The molecule has 19 heavy (non-hydrogen) atoms. The first-order valence-corrected chi connectivity index (χ1v) is 6.46. The van der Waals surface area contributed by atoms with Gasteiger partial charge in [-0.25, -0.2) is 5.43 Å². The van der Waals surface area contributed by atoms with E-state index in [4.69, 9.17) is 11.6 Å². The molecule has 0 aliphatic rings. The van der Waals surface area contributed by atoms with Crippen molar-refractivity contribution in [3.05, 3.63) is 38.6 Å². The zero-order chi connectivity index (χ0) is 14.0. The van der Waals surface area contributed by atoms with Crippen LogP contribution < -0.4 is 5.43 Å². The van der Waals surface area contributed by atoms with Gasteiger partial charge in [0.1, 0.15) is 0 Å². The van der Waals surface area contributed by atoms with E-state index in [0.717, 1.165) is 11.3 Å². The van der Waals surface area contributed by atoms with Crippen LogP contribution in [0.3, 0.4) is 0 Å². The van der Waals surface area contributed by atoms with E-state index in [-0.39, 0.29) is 15.8 Å². The van der Waals surface area contributed by atoms with Crippen LogP contribution in [0, 0.1) is 12.1 Å². The summed E-state index contributed by atoms with van der Waals surface area (Å²) in [6.45, 7) is 1.75. The molecule has 0 spiro atoms. The highest BCUT2D eigenvalue weighted by Crippen LogP contribution is 2.18. The van der Waals surface area contributed by atoms with E-state index in [9.17, 15) is 9.18 Å². The predicted molar refractivity (Wildman–Crippen MR) is 72.3 cm³/mol. The van der Waals surface area contributed by atoms with Crippen LogP contribution in [0.5, 0.6) is 0 Å². The summed E-state index contributed by atoms with van der Waals surface area (Å²) >= 11 is 6.90. The molecule has 0 radical (unpaired) electrons. The molecule has 1 amide bonds. The number of nitrogens with zero attached hydrogens (tertiary/aromatic N) is 3. The number of aromatic nitrogens is 2. The van der Waals surface area contributed by atoms with Crippen LogP contribution >= 0.6 is 22.9 Å². The maximum Gasteiger partial charge on any atom is 0.293 e. The summed E-state index contributed by atoms with van der Waals surface area (Å²) in [6.07, 6.45) is 1.36. The van der Waals surface area contributed by atoms with Gasteiger partial charge >= 0.3 is 0 Å². The van der Waals surface area contributed by atoms with Crippen molar-refractivity contribution in [2.75, 3.05) is 0 Å². The molecule has 0 bridgehead atoms. The first-order valence-electron chi connectivity index (χ1n) is 5.27. The second kappa shape index (κ2) is 5.50. The van der Waals surface area contributed by atoms with Crippen LogP contribution in [-0.4, -0.2) is 21.9 Å². The zero-order valence-corrected chi connectivity index (χ0v) is 11.7. The molecule has 0 saturated heterocycles. The molecule has 0 unspecified atom stereocenters. The molecular formula is C11H10ClFN4OS. The van der Waals surface area contributed by atoms with E-state index in [0.29, 0.717) is 10.6 Å². The number of rotatable bonds is 3. The molecule has 2 rings (SSSR count). The third kappa shape index (κ3) is 2.99. The van der Waals surface area contributed by atoms with Crippen LogP contribution in [-0.2, 0) is 7.05 Å². The lowest BCUT2D eigenvalue weighted by Crippen LogP contribution is -2.18. The van der Waals surface area contributed by atoms with Crippen molar-refractivity contribution in [2.45, 2.75) is 6.92 Å². The van der Waals surface area contributed by atoms with E-state index in [2.05, 4.69) is 15.6 Å². The Hall–Kier alpha value is -1.73. The molecule has 2 aromatic rings. The van der Waals surface area contributed by atoms with E-state index < -0.39 is 5.91 Å². The van der Waals surface area contributed by atoms with Crippen molar-refractivity contribution in [3.63, 3.8) is 0 Å². The normalized spacial score (nSPS) is 11.2. The van der Waals surface area contributed by atoms with Gasteiger partial charge in [-0.05, 0) is 19.1 Å². The average Bonchev–Trinajstić information content (AvgIpc) is 2.89. The summed E-state index contributed by atoms with van der Waals surface area (Å²) in [7, 11) is 1.69. The number of amides is 1. The fourth-order valence-corrected chi connectivity index (χ4v) is 2.18. The topological polar surface area (TPSA) is 59.3 Å². The lowest BCUT2D eigenvalue weighted by Gasteiger charge is -1.95. The molecule has 0 fully saturated rings. The fourth-order valence-electron chi connectivity index (χ4n) is 1.33. The Morgan fingerprint density at radius 3 is 2.89 bits per heavy atom. The third-order valence-electron chi connectivity index (χ3n) is 2.43. The van der Waals surface area contributed by atoms with E-state index in [1.54, 1.807) is 20.0 Å².